The minimum atomic E-state index is -0.518. The maximum Gasteiger partial charge on any atom is 0.302 e. The van der Waals surface area contributed by atoms with Crippen LogP contribution in [0.25, 0.3) is 0 Å². The van der Waals surface area contributed by atoms with Crippen molar-refractivity contribution in [2.75, 3.05) is 31.4 Å². The summed E-state index contributed by atoms with van der Waals surface area (Å²) in [6.45, 7) is 5.33. The molecular weight excluding hydrogens is 432 g/mol. The van der Waals surface area contributed by atoms with Crippen molar-refractivity contribution in [1.82, 2.24) is 5.43 Å². The molecule has 1 fully saturated rings. The quantitative estimate of drug-likeness (QED) is 0.268. The molecule has 1 aliphatic rings. The van der Waals surface area contributed by atoms with Crippen molar-refractivity contribution in [1.29, 1.82) is 0 Å². The zero-order chi connectivity index (χ0) is 25.1. The molecule has 2 amide bonds. The van der Waals surface area contributed by atoms with Crippen LogP contribution in [0.1, 0.15) is 52.9 Å². The fraction of sp³-hybridized carbons (Fsp3) is 0.565. The highest BCUT2D eigenvalue weighted by molar-refractivity contribution is 6.14. The van der Waals surface area contributed by atoms with Crippen LogP contribution < -0.4 is 10.4 Å². The summed E-state index contributed by atoms with van der Waals surface area (Å²) in [7, 11) is 0. The van der Waals surface area contributed by atoms with Crippen LogP contribution in [0.2, 0.25) is 0 Å². The predicted molar refractivity (Wildman–Crippen MR) is 122 cm³/mol. The highest BCUT2D eigenvalue weighted by Crippen LogP contribution is 2.22. The molecule has 10 heteroatoms. The van der Waals surface area contributed by atoms with Gasteiger partial charge >= 0.3 is 11.9 Å². The van der Waals surface area contributed by atoms with Crippen molar-refractivity contribution < 1.29 is 38.9 Å². The molecule has 1 aromatic rings. The summed E-state index contributed by atoms with van der Waals surface area (Å²) < 4.78 is 9.34. The van der Waals surface area contributed by atoms with Gasteiger partial charge in [-0.2, -0.15) is 0 Å². The lowest BCUT2D eigenvalue weighted by Gasteiger charge is -2.14. The molecule has 0 spiro atoms. The highest BCUT2D eigenvalue weighted by atomic mass is 16.5. The molecule has 2 rings (SSSR count). The lowest BCUT2D eigenvalue weighted by Crippen LogP contribution is -2.35. The molecule has 0 aliphatic carbocycles. The molecule has 1 atom stereocenters. The molecule has 1 aromatic carbocycles. The van der Waals surface area contributed by atoms with Gasteiger partial charge < -0.3 is 19.7 Å². The van der Waals surface area contributed by atoms with Crippen molar-refractivity contribution in [3.63, 3.8) is 0 Å². The second-order valence-corrected chi connectivity index (χ2v) is 7.01. The summed E-state index contributed by atoms with van der Waals surface area (Å²) >= 11 is 0. The molecule has 1 saturated heterocycles. The van der Waals surface area contributed by atoms with E-state index in [-0.39, 0.29) is 37.0 Å². The fourth-order valence-corrected chi connectivity index (χ4v) is 2.58. The first-order chi connectivity index (χ1) is 15.8. The van der Waals surface area contributed by atoms with Crippen LogP contribution in [-0.2, 0) is 28.7 Å². The van der Waals surface area contributed by atoms with E-state index >= 15 is 0 Å². The normalized spacial score (nSPS) is 14.3. The number of unbranched alkanes of at least 4 members (excludes halogenated alkanes) is 2. The number of para-hydroxylation sites is 1. The minimum absolute atomic E-state index is 0.125. The Morgan fingerprint density at radius 2 is 1.45 bits per heavy atom. The van der Waals surface area contributed by atoms with Crippen LogP contribution in [0, 0.1) is 5.92 Å². The maximum atomic E-state index is 12.1. The molecule has 33 heavy (non-hydrogen) atoms. The number of nitrogens with one attached hydrogen (secondary N) is 1. The lowest BCUT2D eigenvalue weighted by molar-refractivity contribution is -0.143. The van der Waals surface area contributed by atoms with Crippen LogP contribution in [0.3, 0.4) is 0 Å². The number of hydrogen-bond donors (Lipinski definition) is 3. The topological polar surface area (TPSA) is 142 Å². The van der Waals surface area contributed by atoms with Gasteiger partial charge in [0.15, 0.2) is 0 Å². The van der Waals surface area contributed by atoms with E-state index in [1.54, 1.807) is 12.1 Å². The van der Waals surface area contributed by atoms with E-state index in [4.69, 9.17) is 10.2 Å². The van der Waals surface area contributed by atoms with E-state index in [2.05, 4.69) is 14.9 Å². The molecule has 0 bridgehead atoms. The number of aliphatic hydroxyl groups excluding tert-OH is 2. The number of amides is 2. The summed E-state index contributed by atoms with van der Waals surface area (Å²) in [6, 6.07) is 9.17. The van der Waals surface area contributed by atoms with Gasteiger partial charge in [0.2, 0.25) is 0 Å². The standard InChI is InChI=1S/C13H16N2O2.C8H14O4.C2H6O2/c1-2-3-9-11-12(16)14-15(13(11)17)10-7-5-4-6-8-10;1-7(9)11-5-3-4-6-12-8(2)10;3-1-2-4/h4-8,11H,2-3,9H2,1H3,(H,14,16);3-6H2,1-2H3;3-4H,1-2H2. The van der Waals surface area contributed by atoms with Crippen LogP contribution in [-0.4, -0.2) is 60.4 Å². The third kappa shape index (κ3) is 13.9. The van der Waals surface area contributed by atoms with Crippen molar-refractivity contribution in [3.05, 3.63) is 30.3 Å². The van der Waals surface area contributed by atoms with Crippen molar-refractivity contribution in [3.8, 4) is 0 Å². The number of anilines is 1. The predicted octanol–water partition coefficient (Wildman–Crippen LogP) is 1.73. The van der Waals surface area contributed by atoms with Gasteiger partial charge in [-0.25, -0.2) is 5.01 Å². The third-order valence-corrected chi connectivity index (χ3v) is 4.17. The Labute approximate surface area is 194 Å². The highest BCUT2D eigenvalue weighted by Gasteiger charge is 2.39. The summed E-state index contributed by atoms with van der Waals surface area (Å²) in [5.74, 6) is -1.40. The molecule has 1 unspecified atom stereocenters. The Hall–Kier alpha value is -2.98. The number of nitrogens with zero attached hydrogens (tertiary/aromatic N) is 1. The van der Waals surface area contributed by atoms with Gasteiger partial charge in [-0.15, -0.1) is 0 Å². The van der Waals surface area contributed by atoms with Crippen LogP contribution in [0.4, 0.5) is 5.69 Å². The summed E-state index contributed by atoms with van der Waals surface area (Å²) in [5.41, 5.74) is 3.34. The number of esters is 2. The van der Waals surface area contributed by atoms with Gasteiger partial charge in [-0.05, 0) is 31.4 Å². The number of ether oxygens (including phenoxy) is 2. The zero-order valence-corrected chi connectivity index (χ0v) is 19.6. The number of hydrogen-bond acceptors (Lipinski definition) is 8. The molecule has 186 valence electrons. The molecule has 1 aliphatic heterocycles. The number of carbonyl (C=O) groups is 4. The van der Waals surface area contributed by atoms with Gasteiger partial charge in [0.25, 0.3) is 11.8 Å². The van der Waals surface area contributed by atoms with Gasteiger partial charge in [-0.1, -0.05) is 38.0 Å². The van der Waals surface area contributed by atoms with Crippen LogP contribution in [0.5, 0.6) is 0 Å². The van der Waals surface area contributed by atoms with E-state index in [1.165, 1.54) is 18.9 Å². The monoisotopic (exact) mass is 468 g/mol. The van der Waals surface area contributed by atoms with Gasteiger partial charge in [-0.3, -0.25) is 24.6 Å². The zero-order valence-electron chi connectivity index (χ0n) is 19.6. The molecule has 0 radical (unpaired) electrons. The molecule has 0 saturated carbocycles. The van der Waals surface area contributed by atoms with Crippen LogP contribution in [0.15, 0.2) is 30.3 Å². The number of benzene rings is 1. The molecule has 3 N–H and O–H groups in total. The second-order valence-electron chi connectivity index (χ2n) is 7.01. The van der Waals surface area contributed by atoms with Gasteiger partial charge in [0.1, 0.15) is 5.92 Å². The smallest absolute Gasteiger partial charge is 0.302 e. The number of rotatable bonds is 10. The molecule has 1 heterocycles. The van der Waals surface area contributed by atoms with Gasteiger partial charge in [0, 0.05) is 13.8 Å². The Morgan fingerprint density at radius 3 is 1.88 bits per heavy atom. The Kier molecular flexibility index (Phi) is 16.9. The van der Waals surface area contributed by atoms with Crippen LogP contribution >= 0.6 is 0 Å². The molecule has 0 aromatic heterocycles. The van der Waals surface area contributed by atoms with Crippen molar-refractivity contribution >= 4 is 29.4 Å². The summed E-state index contributed by atoms with van der Waals surface area (Å²) in [4.78, 5) is 44.3. The van der Waals surface area contributed by atoms with Crippen molar-refractivity contribution in [2.45, 2.75) is 52.9 Å². The summed E-state index contributed by atoms with van der Waals surface area (Å²) in [5, 5.41) is 16.6. The van der Waals surface area contributed by atoms with E-state index in [9.17, 15) is 19.2 Å². The fourth-order valence-electron chi connectivity index (χ4n) is 2.58. The van der Waals surface area contributed by atoms with E-state index < -0.39 is 5.92 Å². The maximum absolute atomic E-state index is 12.1. The minimum Gasteiger partial charge on any atom is -0.466 e. The number of aliphatic hydroxyl groups is 2. The molecule has 10 nitrogen and oxygen atoms in total. The average Bonchev–Trinajstić information content (AvgIpc) is 3.08. The number of hydrazine groups is 1. The largest absolute Gasteiger partial charge is 0.466 e. The van der Waals surface area contributed by atoms with E-state index in [0.29, 0.717) is 25.3 Å². The second kappa shape index (κ2) is 18.6. The summed E-state index contributed by atoms with van der Waals surface area (Å²) in [6.07, 6.45) is 3.97. The lowest BCUT2D eigenvalue weighted by atomic mass is 10.0. The first kappa shape index (κ1) is 30.0. The Bertz CT molecular complexity index is 692. The molecular formula is C23H36N2O8. The Morgan fingerprint density at radius 1 is 0.939 bits per heavy atom. The first-order valence-electron chi connectivity index (χ1n) is 11.0. The first-order valence-corrected chi connectivity index (χ1v) is 11.0. The van der Waals surface area contributed by atoms with E-state index in [0.717, 1.165) is 25.7 Å². The number of carbonyl (C=O) groups excluding carboxylic acids is 4. The average molecular weight is 469 g/mol. The Balaban J connectivity index is 0.000000561. The third-order valence-electron chi connectivity index (χ3n) is 4.17. The SMILES string of the molecule is CC(=O)OCCCCOC(C)=O.CCCCC1C(=O)NN(c2ccccc2)C1=O.OCCO. The van der Waals surface area contributed by atoms with E-state index in [1.807, 2.05) is 25.1 Å². The van der Waals surface area contributed by atoms with Crippen molar-refractivity contribution in [2.24, 2.45) is 5.92 Å². The van der Waals surface area contributed by atoms with Gasteiger partial charge in [0.05, 0.1) is 32.1 Å².